The normalized spacial score (nSPS) is 15.6. The number of hydrogen-bond acceptors (Lipinski definition) is 8. The summed E-state index contributed by atoms with van der Waals surface area (Å²) in [4.78, 5) is 14.2. The van der Waals surface area contributed by atoms with Gasteiger partial charge in [-0.25, -0.2) is 19.6 Å². The number of hydrogen-bond donors (Lipinski definition) is 1. The van der Waals surface area contributed by atoms with E-state index in [0.29, 0.717) is 35.0 Å². The quantitative estimate of drug-likeness (QED) is 0.433. The molecule has 170 valence electrons. The third kappa shape index (κ3) is 3.51. The van der Waals surface area contributed by atoms with Gasteiger partial charge in [0, 0.05) is 18.1 Å². The number of benzene rings is 1. The molecule has 0 amide bonds. The zero-order chi connectivity index (χ0) is 22.5. The molecule has 2 aliphatic rings. The van der Waals surface area contributed by atoms with Crippen LogP contribution in [0.3, 0.4) is 0 Å². The molecule has 2 fully saturated rings. The zero-order valence-electron chi connectivity index (χ0n) is 18.8. The molecule has 0 bridgehead atoms. The lowest BCUT2D eigenvalue weighted by Gasteiger charge is -2.14. The number of fused-ring (bicyclic) bond motifs is 1. The monoisotopic (exact) mass is 447 g/mol. The van der Waals surface area contributed by atoms with E-state index in [9.17, 15) is 0 Å². The Morgan fingerprint density at radius 2 is 1.73 bits per heavy atom. The molecule has 10 nitrogen and oxygen atoms in total. The topological polar surface area (TPSA) is 101 Å². The standard InChI is InChI=1S/C23H25N7O3/c1-31-17-8-15(9-18(32-2)20(17)33-3)29-11-19(24-12-29)26-22-16-10-25-30(14-6-7-14)23(16)28-21(27-22)13-4-5-13/h8-14H,4-7H2,1-3H3,(H,26,27,28). The largest absolute Gasteiger partial charge is 0.493 e. The van der Waals surface area contributed by atoms with Crippen molar-refractivity contribution in [3.8, 4) is 22.9 Å². The van der Waals surface area contributed by atoms with Crippen molar-refractivity contribution < 1.29 is 14.2 Å². The summed E-state index contributed by atoms with van der Waals surface area (Å²) in [5, 5.41) is 8.90. The Hall–Kier alpha value is -3.82. The number of aromatic nitrogens is 6. The number of rotatable bonds is 8. The summed E-state index contributed by atoms with van der Waals surface area (Å²) in [7, 11) is 4.78. The van der Waals surface area contributed by atoms with Gasteiger partial charge in [-0.3, -0.25) is 0 Å². The summed E-state index contributed by atoms with van der Waals surface area (Å²) in [5.74, 6) is 4.44. The molecular weight excluding hydrogens is 422 g/mol. The Labute approximate surface area is 190 Å². The Kier molecular flexibility index (Phi) is 4.60. The lowest BCUT2D eigenvalue weighted by Crippen LogP contribution is -2.04. The van der Waals surface area contributed by atoms with Crippen molar-refractivity contribution in [1.29, 1.82) is 0 Å². The van der Waals surface area contributed by atoms with E-state index < -0.39 is 0 Å². The molecule has 0 radical (unpaired) electrons. The van der Waals surface area contributed by atoms with E-state index in [2.05, 4.69) is 15.4 Å². The maximum atomic E-state index is 5.48. The number of ether oxygens (including phenoxy) is 3. The van der Waals surface area contributed by atoms with Crippen molar-refractivity contribution in [2.75, 3.05) is 26.6 Å². The molecule has 0 aliphatic heterocycles. The van der Waals surface area contributed by atoms with Gasteiger partial charge in [0.2, 0.25) is 5.75 Å². The van der Waals surface area contributed by atoms with Crippen molar-refractivity contribution >= 4 is 22.7 Å². The fourth-order valence-corrected chi connectivity index (χ4v) is 4.01. The molecule has 4 aromatic rings. The highest BCUT2D eigenvalue weighted by Gasteiger charge is 2.31. The average Bonchev–Trinajstić information content (AvgIpc) is 3.78. The van der Waals surface area contributed by atoms with Crippen LogP contribution >= 0.6 is 0 Å². The summed E-state index contributed by atoms with van der Waals surface area (Å²) in [6.45, 7) is 0. The Morgan fingerprint density at radius 3 is 2.36 bits per heavy atom. The molecule has 1 N–H and O–H groups in total. The molecule has 2 saturated carbocycles. The lowest BCUT2D eigenvalue weighted by atomic mass is 10.2. The van der Waals surface area contributed by atoms with E-state index >= 15 is 0 Å². The minimum Gasteiger partial charge on any atom is -0.493 e. The van der Waals surface area contributed by atoms with Crippen LogP contribution in [0.2, 0.25) is 0 Å². The van der Waals surface area contributed by atoms with Gasteiger partial charge in [-0.2, -0.15) is 5.10 Å². The van der Waals surface area contributed by atoms with Crippen LogP contribution in [-0.4, -0.2) is 50.6 Å². The van der Waals surface area contributed by atoms with Crippen LogP contribution in [0.4, 0.5) is 11.6 Å². The van der Waals surface area contributed by atoms with Crippen molar-refractivity contribution in [1.82, 2.24) is 29.3 Å². The maximum absolute atomic E-state index is 5.48. The number of nitrogens with one attached hydrogen (secondary N) is 1. The summed E-state index contributed by atoms with van der Waals surface area (Å²) in [5.41, 5.74) is 1.74. The fraction of sp³-hybridized carbons (Fsp3) is 0.391. The molecule has 0 unspecified atom stereocenters. The van der Waals surface area contributed by atoms with Crippen LogP contribution < -0.4 is 19.5 Å². The number of anilines is 2. The minimum atomic E-state index is 0.439. The van der Waals surface area contributed by atoms with Gasteiger partial charge < -0.3 is 24.1 Å². The fourth-order valence-electron chi connectivity index (χ4n) is 4.01. The lowest BCUT2D eigenvalue weighted by molar-refractivity contribution is 0.324. The van der Waals surface area contributed by atoms with Crippen LogP contribution in [0.25, 0.3) is 16.7 Å². The highest BCUT2D eigenvalue weighted by Crippen LogP contribution is 2.42. The first-order valence-corrected chi connectivity index (χ1v) is 11.0. The molecular formula is C23H25N7O3. The van der Waals surface area contributed by atoms with Gasteiger partial charge in [0.05, 0.1) is 50.8 Å². The molecule has 6 rings (SSSR count). The molecule has 0 atom stereocenters. The van der Waals surface area contributed by atoms with Crippen molar-refractivity contribution in [2.24, 2.45) is 0 Å². The van der Waals surface area contributed by atoms with Crippen molar-refractivity contribution in [3.05, 3.63) is 36.7 Å². The first kappa shape index (κ1) is 19.8. The second-order valence-corrected chi connectivity index (χ2v) is 8.44. The summed E-state index contributed by atoms with van der Waals surface area (Å²) in [6, 6.07) is 4.21. The average molecular weight is 447 g/mol. The number of imidazole rings is 1. The van der Waals surface area contributed by atoms with Crippen molar-refractivity contribution in [2.45, 2.75) is 37.6 Å². The zero-order valence-corrected chi connectivity index (χ0v) is 18.8. The van der Waals surface area contributed by atoms with Crippen LogP contribution in [0.1, 0.15) is 43.5 Å². The summed E-state index contributed by atoms with van der Waals surface area (Å²) in [6.07, 6.45) is 10.1. The Bertz CT molecular complexity index is 1310. The number of nitrogens with zero attached hydrogens (tertiary/aromatic N) is 6. The highest BCUT2D eigenvalue weighted by atomic mass is 16.5. The number of methoxy groups -OCH3 is 3. The smallest absolute Gasteiger partial charge is 0.203 e. The second kappa shape index (κ2) is 7.65. The minimum absolute atomic E-state index is 0.439. The predicted molar refractivity (Wildman–Crippen MR) is 122 cm³/mol. The Balaban J connectivity index is 1.35. The SMILES string of the molecule is COc1cc(-n2cnc(Nc3nc(C4CC4)nc4c3cnn4C3CC3)c2)cc(OC)c1OC. The molecule has 3 aromatic heterocycles. The molecule has 0 spiro atoms. The molecule has 3 heterocycles. The summed E-state index contributed by atoms with van der Waals surface area (Å²) >= 11 is 0. The van der Waals surface area contributed by atoms with Crippen LogP contribution in [0, 0.1) is 0 Å². The highest BCUT2D eigenvalue weighted by molar-refractivity contribution is 5.88. The maximum Gasteiger partial charge on any atom is 0.203 e. The first-order valence-electron chi connectivity index (χ1n) is 11.0. The van der Waals surface area contributed by atoms with E-state index in [1.54, 1.807) is 27.7 Å². The predicted octanol–water partition coefficient (Wildman–Crippen LogP) is 3.99. The molecule has 10 heteroatoms. The van der Waals surface area contributed by atoms with Gasteiger partial charge in [0.15, 0.2) is 17.1 Å². The van der Waals surface area contributed by atoms with Crippen molar-refractivity contribution in [3.63, 3.8) is 0 Å². The van der Waals surface area contributed by atoms with E-state index in [-0.39, 0.29) is 0 Å². The van der Waals surface area contributed by atoms with Gasteiger partial charge in [-0.1, -0.05) is 0 Å². The third-order valence-electron chi connectivity index (χ3n) is 6.08. The summed E-state index contributed by atoms with van der Waals surface area (Å²) < 4.78 is 20.3. The molecule has 2 aliphatic carbocycles. The molecule has 0 saturated heterocycles. The van der Waals surface area contributed by atoms with Gasteiger partial charge in [-0.15, -0.1) is 0 Å². The Morgan fingerprint density at radius 1 is 0.970 bits per heavy atom. The second-order valence-electron chi connectivity index (χ2n) is 8.44. The van der Waals surface area contributed by atoms with E-state index in [4.69, 9.17) is 24.2 Å². The van der Waals surface area contributed by atoms with Crippen LogP contribution in [0.15, 0.2) is 30.9 Å². The van der Waals surface area contributed by atoms with Crippen LogP contribution in [-0.2, 0) is 0 Å². The van der Waals surface area contributed by atoms with E-state index in [0.717, 1.165) is 54.0 Å². The van der Waals surface area contributed by atoms with E-state index in [1.165, 1.54) is 0 Å². The molecule has 33 heavy (non-hydrogen) atoms. The first-order chi connectivity index (χ1) is 16.2. The van der Waals surface area contributed by atoms with Gasteiger partial charge >= 0.3 is 0 Å². The van der Waals surface area contributed by atoms with Crippen LogP contribution in [0.5, 0.6) is 17.2 Å². The third-order valence-corrected chi connectivity index (χ3v) is 6.08. The van der Waals surface area contributed by atoms with Gasteiger partial charge in [0.25, 0.3) is 0 Å². The van der Waals surface area contributed by atoms with E-state index in [1.807, 2.05) is 33.8 Å². The molecule has 1 aromatic carbocycles. The van der Waals surface area contributed by atoms with Gasteiger partial charge in [0.1, 0.15) is 23.8 Å². The van der Waals surface area contributed by atoms with Gasteiger partial charge in [-0.05, 0) is 25.7 Å².